The van der Waals surface area contributed by atoms with Crippen LogP contribution in [-0.4, -0.2) is 13.4 Å². The summed E-state index contributed by atoms with van der Waals surface area (Å²) in [5.41, 5.74) is -1.17. The Labute approximate surface area is 98.1 Å². The molecule has 0 saturated carbocycles. The summed E-state index contributed by atoms with van der Waals surface area (Å²) in [5.74, 6) is 0. The van der Waals surface area contributed by atoms with Gasteiger partial charge in [-0.3, -0.25) is 0 Å². The van der Waals surface area contributed by atoms with Gasteiger partial charge in [-0.05, 0) is 6.07 Å². The van der Waals surface area contributed by atoms with E-state index in [0.717, 1.165) is 6.07 Å². The van der Waals surface area contributed by atoms with E-state index in [2.05, 4.69) is 20.9 Å². The van der Waals surface area contributed by atoms with Gasteiger partial charge in [-0.2, -0.15) is 5.26 Å². The second-order valence-electron chi connectivity index (χ2n) is 2.67. The van der Waals surface area contributed by atoms with Crippen LogP contribution in [0.1, 0.15) is 17.7 Å². The van der Waals surface area contributed by atoms with Crippen molar-refractivity contribution in [1.29, 1.82) is 5.26 Å². The van der Waals surface area contributed by atoms with Crippen LogP contribution in [-0.2, 0) is 10.0 Å². The predicted molar refractivity (Wildman–Crippen MR) is 53.0 cm³/mol. The second kappa shape index (κ2) is 4.40. The molecule has 0 aromatic carbocycles. The molecule has 1 rings (SSSR count). The van der Waals surface area contributed by atoms with E-state index in [1.807, 2.05) is 0 Å². The van der Waals surface area contributed by atoms with Crippen LogP contribution in [0.4, 0.5) is 8.78 Å². The Morgan fingerprint density at radius 2 is 2.12 bits per heavy atom. The summed E-state index contributed by atoms with van der Waals surface area (Å²) in [7, 11) is -4.41. The van der Waals surface area contributed by atoms with Crippen molar-refractivity contribution in [2.45, 2.75) is 11.5 Å². The van der Waals surface area contributed by atoms with Crippen molar-refractivity contribution in [3.05, 3.63) is 21.8 Å². The fraction of sp³-hybridized carbons (Fsp3) is 0.143. The van der Waals surface area contributed by atoms with Gasteiger partial charge in [0.05, 0.1) is 5.56 Å². The highest BCUT2D eigenvalue weighted by Gasteiger charge is 2.26. The van der Waals surface area contributed by atoms with Crippen LogP contribution >= 0.6 is 15.9 Å². The van der Waals surface area contributed by atoms with Crippen molar-refractivity contribution in [2.75, 3.05) is 0 Å². The molecule has 0 saturated heterocycles. The number of pyridine rings is 1. The fourth-order valence-corrected chi connectivity index (χ4v) is 2.41. The van der Waals surface area contributed by atoms with Crippen molar-refractivity contribution in [3.8, 4) is 6.07 Å². The van der Waals surface area contributed by atoms with Crippen LogP contribution in [0.15, 0.2) is 15.6 Å². The van der Waals surface area contributed by atoms with E-state index in [1.165, 1.54) is 0 Å². The van der Waals surface area contributed by atoms with E-state index in [9.17, 15) is 17.2 Å². The number of primary sulfonamides is 1. The quantitative estimate of drug-likeness (QED) is 0.890. The zero-order valence-corrected chi connectivity index (χ0v) is 9.89. The largest absolute Gasteiger partial charge is 0.267 e. The van der Waals surface area contributed by atoms with Crippen molar-refractivity contribution < 1.29 is 17.2 Å². The standard InChI is InChI=1S/C7H4BrF2N3O2S/c8-4-1-3(2-11)13-7(16(12,14)15)5(4)6(9)10/h1,6H,(H2,12,14,15). The maximum Gasteiger partial charge on any atom is 0.267 e. The highest BCUT2D eigenvalue weighted by atomic mass is 79.9. The average Bonchev–Trinajstić information content (AvgIpc) is 2.14. The van der Waals surface area contributed by atoms with Crippen LogP contribution < -0.4 is 5.14 Å². The second-order valence-corrected chi connectivity index (χ2v) is 5.00. The summed E-state index contributed by atoms with van der Waals surface area (Å²) in [6, 6.07) is 2.54. The molecule has 0 spiro atoms. The number of nitriles is 1. The normalized spacial score (nSPS) is 11.5. The highest BCUT2D eigenvalue weighted by molar-refractivity contribution is 9.10. The van der Waals surface area contributed by atoms with Gasteiger partial charge in [0.15, 0.2) is 5.03 Å². The first-order chi connectivity index (χ1) is 7.27. The summed E-state index contributed by atoms with van der Waals surface area (Å²) < 4.78 is 47.0. The maximum atomic E-state index is 12.6. The van der Waals surface area contributed by atoms with E-state index in [1.54, 1.807) is 6.07 Å². The molecule has 9 heteroatoms. The topological polar surface area (TPSA) is 96.8 Å². The SMILES string of the molecule is N#Cc1cc(Br)c(C(F)F)c(S(N)(=O)=O)n1. The fourth-order valence-electron chi connectivity index (χ4n) is 0.974. The average molecular weight is 312 g/mol. The molecule has 0 bridgehead atoms. The number of hydrogen-bond acceptors (Lipinski definition) is 4. The molecule has 0 aliphatic carbocycles. The molecule has 2 N–H and O–H groups in total. The first-order valence-corrected chi connectivity index (χ1v) is 6.02. The van der Waals surface area contributed by atoms with E-state index < -0.39 is 27.0 Å². The molecule has 1 aromatic heterocycles. The summed E-state index contributed by atoms with van der Waals surface area (Å²) in [6.45, 7) is 0. The third kappa shape index (κ3) is 2.52. The zero-order valence-electron chi connectivity index (χ0n) is 7.49. The first kappa shape index (κ1) is 13.0. The lowest BCUT2D eigenvalue weighted by Gasteiger charge is -2.08. The van der Waals surface area contributed by atoms with Gasteiger partial charge in [-0.15, -0.1) is 0 Å². The molecule has 0 aliphatic heterocycles. The minimum Gasteiger partial charge on any atom is -0.224 e. The minimum absolute atomic E-state index is 0.224. The van der Waals surface area contributed by atoms with Crippen LogP contribution in [0.5, 0.6) is 0 Å². The molecule has 0 unspecified atom stereocenters. The molecule has 1 aromatic rings. The predicted octanol–water partition coefficient (Wildman–Crippen LogP) is 1.30. The van der Waals surface area contributed by atoms with Crippen LogP contribution in [0.3, 0.4) is 0 Å². The lowest BCUT2D eigenvalue weighted by molar-refractivity contribution is 0.146. The van der Waals surface area contributed by atoms with Crippen molar-refractivity contribution in [1.82, 2.24) is 4.98 Å². The molecule has 0 amide bonds. The molecular weight excluding hydrogens is 308 g/mol. The van der Waals surface area contributed by atoms with Gasteiger partial charge in [-0.25, -0.2) is 27.3 Å². The number of rotatable bonds is 2. The number of nitrogens with two attached hydrogens (primary N) is 1. The first-order valence-electron chi connectivity index (χ1n) is 3.69. The molecule has 1 heterocycles. The summed E-state index contributed by atoms with van der Waals surface area (Å²) in [5, 5.41) is 12.3. The number of aromatic nitrogens is 1. The molecule has 86 valence electrons. The lowest BCUT2D eigenvalue weighted by atomic mass is 10.2. The number of hydrogen-bond donors (Lipinski definition) is 1. The molecule has 0 aliphatic rings. The van der Waals surface area contributed by atoms with Crippen LogP contribution in [0, 0.1) is 11.3 Å². The lowest BCUT2D eigenvalue weighted by Crippen LogP contribution is -2.17. The monoisotopic (exact) mass is 311 g/mol. The summed E-state index contributed by atoms with van der Waals surface area (Å²) in [6.07, 6.45) is -3.07. The van der Waals surface area contributed by atoms with Gasteiger partial charge >= 0.3 is 0 Å². The van der Waals surface area contributed by atoms with E-state index in [4.69, 9.17) is 10.4 Å². The minimum atomic E-state index is -4.41. The van der Waals surface area contributed by atoms with Crippen molar-refractivity contribution in [2.24, 2.45) is 5.14 Å². The van der Waals surface area contributed by atoms with Crippen LogP contribution in [0.2, 0.25) is 0 Å². The molecule has 0 radical (unpaired) electrons. The van der Waals surface area contributed by atoms with E-state index >= 15 is 0 Å². The summed E-state index contributed by atoms with van der Waals surface area (Å²) >= 11 is 2.74. The van der Waals surface area contributed by atoms with E-state index in [0.29, 0.717) is 0 Å². The Balaban J connectivity index is 3.69. The van der Waals surface area contributed by atoms with Gasteiger partial charge < -0.3 is 0 Å². The number of alkyl halides is 2. The molecule has 16 heavy (non-hydrogen) atoms. The summed E-state index contributed by atoms with van der Waals surface area (Å²) in [4.78, 5) is 3.26. The Morgan fingerprint density at radius 1 is 1.56 bits per heavy atom. The smallest absolute Gasteiger partial charge is 0.224 e. The van der Waals surface area contributed by atoms with Gasteiger partial charge in [-0.1, -0.05) is 15.9 Å². The van der Waals surface area contributed by atoms with Gasteiger partial charge in [0, 0.05) is 4.47 Å². The van der Waals surface area contributed by atoms with Gasteiger partial charge in [0.25, 0.3) is 16.4 Å². The Morgan fingerprint density at radius 3 is 2.50 bits per heavy atom. The molecule has 0 fully saturated rings. The highest BCUT2D eigenvalue weighted by Crippen LogP contribution is 2.32. The van der Waals surface area contributed by atoms with Crippen molar-refractivity contribution in [3.63, 3.8) is 0 Å². The molecular formula is C7H4BrF2N3O2S. The molecule has 5 nitrogen and oxygen atoms in total. The van der Waals surface area contributed by atoms with E-state index in [-0.39, 0.29) is 10.2 Å². The number of halogens is 3. The van der Waals surface area contributed by atoms with Crippen molar-refractivity contribution >= 4 is 26.0 Å². The molecule has 0 atom stereocenters. The Hall–Kier alpha value is -1.11. The Kier molecular flexibility index (Phi) is 3.57. The number of sulfonamides is 1. The van der Waals surface area contributed by atoms with Gasteiger partial charge in [0.2, 0.25) is 0 Å². The third-order valence-electron chi connectivity index (χ3n) is 1.58. The van der Waals surface area contributed by atoms with Crippen LogP contribution in [0.25, 0.3) is 0 Å². The van der Waals surface area contributed by atoms with Gasteiger partial charge in [0.1, 0.15) is 11.8 Å². The Bertz CT molecular complexity index is 568. The number of nitrogens with zero attached hydrogens (tertiary/aromatic N) is 2. The maximum absolute atomic E-state index is 12.6. The zero-order chi connectivity index (χ0) is 12.5. The third-order valence-corrected chi connectivity index (χ3v) is 3.08.